The minimum absolute atomic E-state index is 0.486. The summed E-state index contributed by atoms with van der Waals surface area (Å²) in [4.78, 5) is 19.3. The number of rotatable bonds is 3. The van der Waals surface area contributed by atoms with Crippen LogP contribution in [0.2, 0.25) is 0 Å². The standard InChI is InChI=1S/C4H4N2O4/c7-3(8)1-5-6-2-4(9)10/h1-2H,(H,7,8)(H,9,10). The van der Waals surface area contributed by atoms with Gasteiger partial charge in [0.2, 0.25) is 0 Å². The highest BCUT2D eigenvalue weighted by Gasteiger charge is 1.85. The quantitative estimate of drug-likeness (QED) is 0.400. The number of hydrogen-bond acceptors (Lipinski definition) is 4. The van der Waals surface area contributed by atoms with Crippen LogP contribution in [0, 0.1) is 0 Å². The molecule has 0 bridgehead atoms. The fraction of sp³-hybridized carbons (Fsp3) is 0. The summed E-state index contributed by atoms with van der Waals surface area (Å²) >= 11 is 0. The van der Waals surface area contributed by atoms with Crippen molar-refractivity contribution < 1.29 is 19.8 Å². The van der Waals surface area contributed by atoms with E-state index in [0.717, 1.165) is 0 Å². The van der Waals surface area contributed by atoms with Gasteiger partial charge in [-0.15, -0.1) is 0 Å². The van der Waals surface area contributed by atoms with E-state index >= 15 is 0 Å². The first-order valence-corrected chi connectivity index (χ1v) is 2.15. The number of carboxylic acids is 2. The minimum atomic E-state index is -1.28. The maximum Gasteiger partial charge on any atom is 0.348 e. The van der Waals surface area contributed by atoms with Crippen LogP contribution >= 0.6 is 0 Å². The zero-order valence-electron chi connectivity index (χ0n) is 4.76. The third-order valence-corrected chi connectivity index (χ3v) is 0.403. The van der Waals surface area contributed by atoms with Crippen molar-refractivity contribution in [3.8, 4) is 0 Å². The Morgan fingerprint density at radius 1 is 1.00 bits per heavy atom. The van der Waals surface area contributed by atoms with Gasteiger partial charge in [-0.1, -0.05) is 0 Å². The molecule has 0 aliphatic carbocycles. The molecule has 0 aliphatic heterocycles. The van der Waals surface area contributed by atoms with Crippen LogP contribution in [0.4, 0.5) is 0 Å². The Hall–Kier alpha value is -1.72. The van der Waals surface area contributed by atoms with Crippen LogP contribution in [0.5, 0.6) is 0 Å². The van der Waals surface area contributed by atoms with E-state index in [1.165, 1.54) is 0 Å². The van der Waals surface area contributed by atoms with E-state index in [2.05, 4.69) is 10.2 Å². The molecule has 0 aromatic rings. The van der Waals surface area contributed by atoms with Gasteiger partial charge in [-0.2, -0.15) is 10.2 Å². The first-order valence-electron chi connectivity index (χ1n) is 2.15. The molecule has 10 heavy (non-hydrogen) atoms. The smallest absolute Gasteiger partial charge is 0.348 e. The molecule has 0 radical (unpaired) electrons. The second kappa shape index (κ2) is 4.19. The SMILES string of the molecule is O=C(O)C=NN=CC(=O)O. The Morgan fingerprint density at radius 3 is 1.50 bits per heavy atom. The van der Waals surface area contributed by atoms with Crippen molar-refractivity contribution in [1.82, 2.24) is 0 Å². The summed E-state index contributed by atoms with van der Waals surface area (Å²) in [7, 11) is 0. The second-order valence-corrected chi connectivity index (χ2v) is 1.17. The predicted molar refractivity (Wildman–Crippen MR) is 32.3 cm³/mol. The maximum absolute atomic E-state index is 9.67. The largest absolute Gasteiger partial charge is 0.477 e. The predicted octanol–water partition coefficient (Wildman–Crippen LogP) is -0.788. The van der Waals surface area contributed by atoms with Crippen LogP contribution in [-0.4, -0.2) is 34.6 Å². The van der Waals surface area contributed by atoms with E-state index in [0.29, 0.717) is 12.4 Å². The Bertz CT molecular complexity index is 173. The van der Waals surface area contributed by atoms with E-state index in [1.54, 1.807) is 0 Å². The Morgan fingerprint density at radius 2 is 1.30 bits per heavy atom. The highest BCUT2D eigenvalue weighted by atomic mass is 16.4. The van der Waals surface area contributed by atoms with Crippen molar-refractivity contribution in [3.63, 3.8) is 0 Å². The van der Waals surface area contributed by atoms with E-state index < -0.39 is 11.9 Å². The van der Waals surface area contributed by atoms with Gasteiger partial charge in [-0.3, -0.25) is 0 Å². The van der Waals surface area contributed by atoms with E-state index in [9.17, 15) is 9.59 Å². The minimum Gasteiger partial charge on any atom is -0.477 e. The first kappa shape index (κ1) is 8.28. The zero-order valence-corrected chi connectivity index (χ0v) is 4.76. The summed E-state index contributed by atoms with van der Waals surface area (Å²) in [6.07, 6.45) is 0.971. The van der Waals surface area contributed by atoms with Crippen LogP contribution in [-0.2, 0) is 9.59 Å². The monoisotopic (exact) mass is 144 g/mol. The Labute approximate surface area is 55.5 Å². The lowest BCUT2D eigenvalue weighted by molar-refractivity contribution is -0.129. The molecule has 54 valence electrons. The van der Waals surface area contributed by atoms with Crippen LogP contribution in [0.25, 0.3) is 0 Å². The fourth-order valence-corrected chi connectivity index (χ4v) is 0.165. The number of nitrogens with zero attached hydrogens (tertiary/aromatic N) is 2. The summed E-state index contributed by atoms with van der Waals surface area (Å²) in [5.41, 5.74) is 0. The molecule has 0 rings (SSSR count). The lowest BCUT2D eigenvalue weighted by atomic mass is 10.8. The van der Waals surface area contributed by atoms with Gasteiger partial charge in [0.05, 0.1) is 0 Å². The first-order chi connectivity index (χ1) is 4.63. The molecule has 0 atom stereocenters. The van der Waals surface area contributed by atoms with E-state index in [4.69, 9.17) is 10.2 Å². The summed E-state index contributed by atoms with van der Waals surface area (Å²) in [5, 5.41) is 21.6. The molecule has 2 N–H and O–H groups in total. The van der Waals surface area contributed by atoms with Crippen molar-refractivity contribution in [1.29, 1.82) is 0 Å². The highest BCUT2D eigenvalue weighted by Crippen LogP contribution is 1.66. The lowest BCUT2D eigenvalue weighted by Crippen LogP contribution is -1.96. The van der Waals surface area contributed by atoms with Gasteiger partial charge in [0.25, 0.3) is 0 Å². The third kappa shape index (κ3) is 6.28. The molecule has 0 amide bonds. The number of aliphatic carboxylic acids is 2. The van der Waals surface area contributed by atoms with E-state index in [-0.39, 0.29) is 0 Å². The molecule has 0 heterocycles. The highest BCUT2D eigenvalue weighted by molar-refractivity contribution is 6.23. The van der Waals surface area contributed by atoms with Crippen molar-refractivity contribution >= 4 is 24.4 Å². The van der Waals surface area contributed by atoms with Crippen molar-refractivity contribution in [2.75, 3.05) is 0 Å². The molecule has 6 heteroatoms. The molecule has 0 aliphatic rings. The normalized spacial score (nSPS) is 10.8. The topological polar surface area (TPSA) is 99.3 Å². The molecule has 0 saturated heterocycles. The van der Waals surface area contributed by atoms with Gasteiger partial charge in [0.1, 0.15) is 12.4 Å². The van der Waals surface area contributed by atoms with Crippen molar-refractivity contribution in [2.24, 2.45) is 10.2 Å². The van der Waals surface area contributed by atoms with Crippen LogP contribution in [0.1, 0.15) is 0 Å². The molecule has 0 aromatic carbocycles. The fourth-order valence-electron chi connectivity index (χ4n) is 0.165. The van der Waals surface area contributed by atoms with Gasteiger partial charge < -0.3 is 10.2 Å². The average molecular weight is 144 g/mol. The summed E-state index contributed by atoms with van der Waals surface area (Å²) in [6, 6.07) is 0. The van der Waals surface area contributed by atoms with E-state index in [1.807, 2.05) is 0 Å². The molecule has 0 fully saturated rings. The molecular weight excluding hydrogens is 140 g/mol. The van der Waals surface area contributed by atoms with Crippen LogP contribution in [0.3, 0.4) is 0 Å². The van der Waals surface area contributed by atoms with Crippen LogP contribution in [0.15, 0.2) is 10.2 Å². The van der Waals surface area contributed by atoms with Crippen molar-refractivity contribution in [2.45, 2.75) is 0 Å². The van der Waals surface area contributed by atoms with Gasteiger partial charge in [-0.25, -0.2) is 9.59 Å². The van der Waals surface area contributed by atoms with Gasteiger partial charge in [0, 0.05) is 0 Å². The summed E-state index contributed by atoms with van der Waals surface area (Å²) < 4.78 is 0. The lowest BCUT2D eigenvalue weighted by Gasteiger charge is -1.74. The van der Waals surface area contributed by atoms with Gasteiger partial charge in [-0.05, 0) is 0 Å². The summed E-state index contributed by atoms with van der Waals surface area (Å²) in [6.45, 7) is 0. The Kier molecular flexibility index (Phi) is 3.47. The average Bonchev–Trinajstić information content (AvgIpc) is 1.79. The molecule has 6 nitrogen and oxygen atoms in total. The zero-order chi connectivity index (χ0) is 7.98. The second-order valence-electron chi connectivity index (χ2n) is 1.17. The summed E-state index contributed by atoms with van der Waals surface area (Å²) in [5.74, 6) is -2.55. The molecule has 0 aromatic heterocycles. The van der Waals surface area contributed by atoms with Gasteiger partial charge in [0.15, 0.2) is 0 Å². The molecule has 0 spiro atoms. The number of carboxylic acid groups (broad SMARTS) is 2. The number of hydrogen-bond donors (Lipinski definition) is 2. The maximum atomic E-state index is 9.67. The number of carbonyl (C=O) groups is 2. The third-order valence-electron chi connectivity index (χ3n) is 0.403. The molecular formula is C4H4N2O4. The van der Waals surface area contributed by atoms with Gasteiger partial charge >= 0.3 is 11.9 Å². The Balaban J connectivity index is 3.73. The molecule has 0 saturated carbocycles. The van der Waals surface area contributed by atoms with Crippen molar-refractivity contribution in [3.05, 3.63) is 0 Å². The molecule has 0 unspecified atom stereocenters. The van der Waals surface area contributed by atoms with Crippen LogP contribution < -0.4 is 0 Å².